The first kappa shape index (κ1) is 11.5. The van der Waals surface area contributed by atoms with E-state index < -0.39 is 0 Å². The minimum absolute atomic E-state index is 0.831. The normalized spacial score (nSPS) is 11.3. The summed E-state index contributed by atoms with van der Waals surface area (Å²) < 4.78 is 0. The molecule has 0 aliphatic heterocycles. The van der Waals surface area contributed by atoms with Crippen molar-refractivity contribution >= 4 is 6.72 Å². The molecule has 0 saturated heterocycles. The molecule has 0 unspecified atom stereocenters. The molecule has 0 fully saturated rings. The standard InChI is InChI=1S/C13H18N2/c1-10-6-5-7-12(11(10)2)8-13(15-4)9-14-3/h5-7,9,14H,4,8H2,1-3H3/b13-9-. The molecule has 1 aromatic carbocycles. The van der Waals surface area contributed by atoms with Crippen molar-refractivity contribution < 1.29 is 0 Å². The molecular weight excluding hydrogens is 184 g/mol. The lowest BCUT2D eigenvalue weighted by molar-refractivity contribution is 1.01. The van der Waals surface area contributed by atoms with Gasteiger partial charge in [-0.2, -0.15) is 0 Å². The molecule has 0 atom stereocenters. The van der Waals surface area contributed by atoms with Gasteiger partial charge in [0.1, 0.15) is 0 Å². The first-order chi connectivity index (χ1) is 7.19. The number of nitrogens with one attached hydrogen (secondary N) is 1. The molecule has 0 bridgehead atoms. The van der Waals surface area contributed by atoms with Crippen molar-refractivity contribution in [3.63, 3.8) is 0 Å². The Morgan fingerprint density at radius 2 is 2.20 bits per heavy atom. The third-order valence-corrected chi connectivity index (χ3v) is 2.60. The summed E-state index contributed by atoms with van der Waals surface area (Å²) in [5, 5.41) is 2.98. The molecular formula is C13H18N2. The van der Waals surface area contributed by atoms with Crippen LogP contribution in [0.3, 0.4) is 0 Å². The second kappa shape index (κ2) is 5.35. The number of benzene rings is 1. The minimum atomic E-state index is 0.831. The molecule has 15 heavy (non-hydrogen) atoms. The van der Waals surface area contributed by atoms with Gasteiger partial charge in [0.25, 0.3) is 0 Å². The third kappa shape index (κ3) is 2.94. The van der Waals surface area contributed by atoms with E-state index in [1.165, 1.54) is 16.7 Å². The van der Waals surface area contributed by atoms with Crippen LogP contribution in [0.4, 0.5) is 0 Å². The molecule has 0 amide bonds. The second-order valence-corrected chi connectivity index (χ2v) is 3.62. The number of allylic oxidation sites excluding steroid dienone is 1. The van der Waals surface area contributed by atoms with E-state index in [9.17, 15) is 0 Å². The van der Waals surface area contributed by atoms with Crippen molar-refractivity contribution in [3.8, 4) is 0 Å². The van der Waals surface area contributed by atoms with E-state index in [4.69, 9.17) is 0 Å². The van der Waals surface area contributed by atoms with Crippen LogP contribution in [0.1, 0.15) is 16.7 Å². The SMILES string of the molecule is C=N/C(=C\NC)Cc1cccc(C)c1C. The number of aliphatic imine (C=N–C) groups is 1. The van der Waals surface area contributed by atoms with Crippen LogP contribution in [0.2, 0.25) is 0 Å². The van der Waals surface area contributed by atoms with Gasteiger partial charge in [-0.05, 0) is 37.3 Å². The van der Waals surface area contributed by atoms with Gasteiger partial charge in [-0.3, -0.25) is 4.99 Å². The summed E-state index contributed by atoms with van der Waals surface area (Å²) in [4.78, 5) is 3.99. The molecule has 0 spiro atoms. The molecule has 80 valence electrons. The fraction of sp³-hybridized carbons (Fsp3) is 0.308. The Morgan fingerprint density at radius 3 is 2.80 bits per heavy atom. The first-order valence-electron chi connectivity index (χ1n) is 5.07. The van der Waals surface area contributed by atoms with Gasteiger partial charge in [0.15, 0.2) is 0 Å². The summed E-state index contributed by atoms with van der Waals surface area (Å²) in [5.74, 6) is 0. The van der Waals surface area contributed by atoms with Crippen LogP contribution >= 0.6 is 0 Å². The third-order valence-electron chi connectivity index (χ3n) is 2.60. The van der Waals surface area contributed by atoms with Crippen LogP contribution in [0.5, 0.6) is 0 Å². The van der Waals surface area contributed by atoms with Gasteiger partial charge in [-0.1, -0.05) is 18.2 Å². The fourth-order valence-electron chi connectivity index (χ4n) is 1.52. The Hall–Kier alpha value is -1.57. The lowest BCUT2D eigenvalue weighted by Crippen LogP contribution is -1.99. The Labute approximate surface area is 91.7 Å². The van der Waals surface area contributed by atoms with Gasteiger partial charge in [-0.25, -0.2) is 0 Å². The molecule has 2 nitrogen and oxygen atoms in total. The van der Waals surface area contributed by atoms with Crippen LogP contribution in [-0.2, 0) is 6.42 Å². The summed E-state index contributed by atoms with van der Waals surface area (Å²) >= 11 is 0. The summed E-state index contributed by atoms with van der Waals surface area (Å²) in [6.45, 7) is 7.84. The Morgan fingerprint density at radius 1 is 1.47 bits per heavy atom. The molecule has 0 heterocycles. The van der Waals surface area contributed by atoms with E-state index in [2.05, 4.69) is 49.1 Å². The molecule has 0 aromatic heterocycles. The highest BCUT2D eigenvalue weighted by atomic mass is 14.8. The zero-order valence-corrected chi connectivity index (χ0v) is 9.67. The highest BCUT2D eigenvalue weighted by molar-refractivity contribution is 5.37. The predicted octanol–water partition coefficient (Wildman–Crippen LogP) is 2.61. The highest BCUT2D eigenvalue weighted by Crippen LogP contribution is 2.16. The van der Waals surface area contributed by atoms with Crippen LogP contribution in [0.25, 0.3) is 0 Å². The van der Waals surface area contributed by atoms with Crippen molar-refractivity contribution in [1.29, 1.82) is 0 Å². The second-order valence-electron chi connectivity index (χ2n) is 3.62. The highest BCUT2D eigenvalue weighted by Gasteiger charge is 2.02. The predicted molar refractivity (Wildman–Crippen MR) is 66.3 cm³/mol. The Balaban J connectivity index is 2.93. The Kier molecular flexibility index (Phi) is 4.10. The summed E-state index contributed by atoms with van der Waals surface area (Å²) in [5.41, 5.74) is 4.93. The van der Waals surface area contributed by atoms with Gasteiger partial charge in [0, 0.05) is 19.7 Å². The quantitative estimate of drug-likeness (QED) is 0.746. The topological polar surface area (TPSA) is 24.4 Å². The van der Waals surface area contributed by atoms with Gasteiger partial charge in [0.05, 0.1) is 5.70 Å². The van der Waals surface area contributed by atoms with Crippen LogP contribution in [0, 0.1) is 13.8 Å². The lowest BCUT2D eigenvalue weighted by Gasteiger charge is -2.08. The molecule has 1 aromatic rings. The average Bonchev–Trinajstić information content (AvgIpc) is 2.24. The van der Waals surface area contributed by atoms with Crippen LogP contribution < -0.4 is 5.32 Å². The van der Waals surface area contributed by atoms with E-state index >= 15 is 0 Å². The van der Waals surface area contributed by atoms with Gasteiger partial charge in [-0.15, -0.1) is 0 Å². The summed E-state index contributed by atoms with van der Waals surface area (Å²) in [6, 6.07) is 6.34. The molecule has 1 N–H and O–H groups in total. The summed E-state index contributed by atoms with van der Waals surface area (Å²) in [7, 11) is 1.87. The maximum absolute atomic E-state index is 3.99. The van der Waals surface area contributed by atoms with Crippen molar-refractivity contribution in [3.05, 3.63) is 46.8 Å². The maximum Gasteiger partial charge on any atom is 0.0596 e. The number of nitrogens with zero attached hydrogens (tertiary/aromatic N) is 1. The molecule has 1 rings (SSSR count). The fourth-order valence-corrected chi connectivity index (χ4v) is 1.52. The van der Waals surface area contributed by atoms with Crippen molar-refractivity contribution in [1.82, 2.24) is 5.32 Å². The minimum Gasteiger partial charge on any atom is -0.393 e. The molecule has 0 saturated carbocycles. The zero-order valence-electron chi connectivity index (χ0n) is 9.67. The van der Waals surface area contributed by atoms with E-state index in [1.807, 2.05) is 13.2 Å². The van der Waals surface area contributed by atoms with Gasteiger partial charge >= 0.3 is 0 Å². The van der Waals surface area contributed by atoms with Crippen LogP contribution in [0.15, 0.2) is 35.1 Å². The van der Waals surface area contributed by atoms with Gasteiger partial charge in [0.2, 0.25) is 0 Å². The van der Waals surface area contributed by atoms with E-state index in [1.54, 1.807) is 0 Å². The first-order valence-corrected chi connectivity index (χ1v) is 5.07. The monoisotopic (exact) mass is 202 g/mol. The van der Waals surface area contributed by atoms with E-state index in [0.717, 1.165) is 12.1 Å². The van der Waals surface area contributed by atoms with Gasteiger partial charge < -0.3 is 5.32 Å². The number of hydrogen-bond donors (Lipinski definition) is 1. The number of hydrogen-bond acceptors (Lipinski definition) is 2. The van der Waals surface area contributed by atoms with Crippen molar-refractivity contribution in [2.24, 2.45) is 4.99 Å². The summed E-state index contributed by atoms with van der Waals surface area (Å²) in [6.07, 6.45) is 2.71. The molecule has 0 aliphatic rings. The molecule has 0 aliphatic carbocycles. The van der Waals surface area contributed by atoms with Crippen molar-refractivity contribution in [2.45, 2.75) is 20.3 Å². The van der Waals surface area contributed by atoms with E-state index in [0.29, 0.717) is 0 Å². The van der Waals surface area contributed by atoms with E-state index in [-0.39, 0.29) is 0 Å². The molecule has 0 radical (unpaired) electrons. The zero-order chi connectivity index (χ0) is 11.3. The van der Waals surface area contributed by atoms with Crippen LogP contribution in [-0.4, -0.2) is 13.8 Å². The molecule has 2 heteroatoms. The lowest BCUT2D eigenvalue weighted by atomic mass is 10.00. The van der Waals surface area contributed by atoms with Crippen molar-refractivity contribution in [2.75, 3.05) is 7.05 Å². The average molecular weight is 202 g/mol. The number of aryl methyl sites for hydroxylation is 1. The number of rotatable bonds is 4. The Bertz CT molecular complexity index is 378. The smallest absolute Gasteiger partial charge is 0.0596 e. The largest absolute Gasteiger partial charge is 0.393 e. The maximum atomic E-state index is 3.99.